The molecule has 18 heavy (non-hydrogen) atoms. The molecule has 3 N–H and O–H groups in total. The predicted octanol–water partition coefficient (Wildman–Crippen LogP) is 2.91. The lowest BCUT2D eigenvalue weighted by atomic mass is 9.68. The third-order valence-corrected chi connectivity index (χ3v) is 4.09. The van der Waals surface area contributed by atoms with E-state index in [-0.39, 0.29) is 5.56 Å². The van der Waals surface area contributed by atoms with Crippen molar-refractivity contribution in [1.82, 2.24) is 0 Å². The molecule has 0 bridgehead atoms. The molecule has 2 nitrogen and oxygen atoms in total. The summed E-state index contributed by atoms with van der Waals surface area (Å²) in [4.78, 5) is 0. The van der Waals surface area contributed by atoms with E-state index in [4.69, 9.17) is 5.73 Å². The number of nitrogens with two attached hydrogens (primary N) is 1. The summed E-state index contributed by atoms with van der Waals surface area (Å²) in [5, 5.41) is 10.4. The molecule has 0 aromatic heterocycles. The van der Waals surface area contributed by atoms with Crippen LogP contribution in [0.2, 0.25) is 0 Å². The fourth-order valence-corrected chi connectivity index (χ4v) is 2.90. The number of rotatable bonds is 3. The Kier molecular flexibility index (Phi) is 3.97. The summed E-state index contributed by atoms with van der Waals surface area (Å²) in [7, 11) is 0. The zero-order valence-corrected chi connectivity index (χ0v) is 10.3. The van der Waals surface area contributed by atoms with Crippen LogP contribution in [0.25, 0.3) is 0 Å². The number of hydrogen-bond acceptors (Lipinski definition) is 2. The molecule has 100 valence electrons. The van der Waals surface area contributed by atoms with Crippen molar-refractivity contribution in [2.75, 3.05) is 6.54 Å². The predicted molar refractivity (Wildman–Crippen MR) is 65.9 cm³/mol. The van der Waals surface area contributed by atoms with Gasteiger partial charge in [0.05, 0.1) is 6.10 Å². The van der Waals surface area contributed by atoms with Crippen molar-refractivity contribution in [3.8, 4) is 0 Å². The maximum absolute atomic E-state index is 13.7. The summed E-state index contributed by atoms with van der Waals surface area (Å²) < 4.78 is 26.6. The second kappa shape index (κ2) is 5.33. The van der Waals surface area contributed by atoms with Gasteiger partial charge >= 0.3 is 0 Å². The molecule has 1 aromatic carbocycles. The molecule has 1 aromatic rings. The Morgan fingerprint density at radius 3 is 2.44 bits per heavy atom. The quantitative estimate of drug-likeness (QED) is 0.872. The fraction of sp³-hybridized carbons (Fsp3) is 0.571. The molecule has 0 aliphatic heterocycles. The molecule has 0 spiro atoms. The van der Waals surface area contributed by atoms with Crippen LogP contribution in [0.1, 0.15) is 43.8 Å². The molecule has 2 rings (SSSR count). The third-order valence-electron chi connectivity index (χ3n) is 4.09. The normalized spacial score (nSPS) is 20.7. The highest BCUT2D eigenvalue weighted by Gasteiger charge is 2.39. The molecule has 4 heteroatoms. The van der Waals surface area contributed by atoms with E-state index in [0.29, 0.717) is 6.54 Å². The Morgan fingerprint density at radius 2 is 1.89 bits per heavy atom. The Bertz CT molecular complexity index is 416. The maximum Gasteiger partial charge on any atom is 0.131 e. The number of hydrogen-bond donors (Lipinski definition) is 2. The summed E-state index contributed by atoms with van der Waals surface area (Å²) in [6.07, 6.45) is 3.75. The minimum Gasteiger partial charge on any atom is -0.388 e. The minimum atomic E-state index is -0.955. The van der Waals surface area contributed by atoms with E-state index in [1.165, 1.54) is 12.1 Å². The summed E-state index contributed by atoms with van der Waals surface area (Å²) in [6.45, 7) is 0.324. The van der Waals surface area contributed by atoms with Crippen molar-refractivity contribution in [3.05, 3.63) is 35.4 Å². The summed E-state index contributed by atoms with van der Waals surface area (Å²) >= 11 is 0. The van der Waals surface area contributed by atoms with Gasteiger partial charge in [0.15, 0.2) is 0 Å². The molecular formula is C14H19F2NO. The van der Waals surface area contributed by atoms with Gasteiger partial charge in [-0.15, -0.1) is 0 Å². The summed E-state index contributed by atoms with van der Waals surface area (Å²) in [5.74, 6) is -1.32. The van der Waals surface area contributed by atoms with Gasteiger partial charge in [0, 0.05) is 23.6 Å². The van der Waals surface area contributed by atoms with Crippen molar-refractivity contribution in [1.29, 1.82) is 0 Å². The molecule has 1 aliphatic rings. The molecule has 0 amide bonds. The van der Waals surface area contributed by atoms with E-state index in [1.54, 1.807) is 0 Å². The topological polar surface area (TPSA) is 46.2 Å². The van der Waals surface area contributed by atoms with Gasteiger partial charge in [-0.3, -0.25) is 0 Å². The van der Waals surface area contributed by atoms with Crippen molar-refractivity contribution >= 4 is 0 Å². The Balaban J connectivity index is 2.30. The highest BCUT2D eigenvalue weighted by molar-refractivity contribution is 5.23. The van der Waals surface area contributed by atoms with Crippen LogP contribution in [0.3, 0.4) is 0 Å². The molecular weight excluding hydrogens is 236 g/mol. The Hall–Kier alpha value is -1.00. The van der Waals surface area contributed by atoms with Gasteiger partial charge in [-0.25, -0.2) is 8.78 Å². The molecule has 1 atom stereocenters. The largest absolute Gasteiger partial charge is 0.388 e. The van der Waals surface area contributed by atoms with Gasteiger partial charge in [-0.2, -0.15) is 0 Å². The van der Waals surface area contributed by atoms with Crippen LogP contribution in [-0.4, -0.2) is 11.7 Å². The van der Waals surface area contributed by atoms with Crippen LogP contribution >= 0.6 is 0 Å². The average Bonchev–Trinajstić information content (AvgIpc) is 2.39. The first-order chi connectivity index (χ1) is 8.59. The molecule has 1 unspecified atom stereocenters. The van der Waals surface area contributed by atoms with Gasteiger partial charge in [-0.05, 0) is 18.9 Å². The Labute approximate surface area is 106 Å². The first-order valence-electron chi connectivity index (χ1n) is 6.42. The molecule has 1 saturated carbocycles. The van der Waals surface area contributed by atoms with Crippen LogP contribution in [0.5, 0.6) is 0 Å². The van der Waals surface area contributed by atoms with Gasteiger partial charge in [0.25, 0.3) is 0 Å². The van der Waals surface area contributed by atoms with E-state index in [0.717, 1.165) is 38.2 Å². The molecule has 0 heterocycles. The lowest BCUT2D eigenvalue weighted by Gasteiger charge is -2.40. The number of aliphatic hydroxyl groups is 1. The van der Waals surface area contributed by atoms with E-state index in [9.17, 15) is 13.9 Å². The first kappa shape index (κ1) is 13.4. The fourth-order valence-electron chi connectivity index (χ4n) is 2.90. The number of benzene rings is 1. The molecule has 0 radical (unpaired) electrons. The van der Waals surface area contributed by atoms with E-state index in [2.05, 4.69) is 0 Å². The smallest absolute Gasteiger partial charge is 0.131 e. The zero-order valence-electron chi connectivity index (χ0n) is 10.3. The molecule has 1 aliphatic carbocycles. The van der Waals surface area contributed by atoms with Crippen molar-refractivity contribution in [2.24, 2.45) is 11.1 Å². The second-order valence-electron chi connectivity index (χ2n) is 5.20. The van der Waals surface area contributed by atoms with E-state index in [1.807, 2.05) is 0 Å². The summed E-state index contributed by atoms with van der Waals surface area (Å²) in [5.41, 5.74) is 5.49. The van der Waals surface area contributed by atoms with E-state index < -0.39 is 23.2 Å². The highest BCUT2D eigenvalue weighted by atomic mass is 19.1. The van der Waals surface area contributed by atoms with Gasteiger partial charge < -0.3 is 10.8 Å². The monoisotopic (exact) mass is 255 g/mol. The number of halogens is 2. The van der Waals surface area contributed by atoms with Crippen LogP contribution < -0.4 is 5.73 Å². The maximum atomic E-state index is 13.7. The zero-order chi connectivity index (χ0) is 13.2. The van der Waals surface area contributed by atoms with Crippen molar-refractivity contribution < 1.29 is 13.9 Å². The summed E-state index contributed by atoms with van der Waals surface area (Å²) in [6, 6.07) is 3.31. The molecule has 0 saturated heterocycles. The minimum absolute atomic E-state index is 0.156. The van der Waals surface area contributed by atoms with Crippen LogP contribution in [0.15, 0.2) is 18.2 Å². The molecule has 1 fully saturated rings. The third kappa shape index (κ3) is 2.40. The lowest BCUT2D eigenvalue weighted by molar-refractivity contribution is -0.00159. The van der Waals surface area contributed by atoms with Crippen molar-refractivity contribution in [2.45, 2.75) is 38.2 Å². The second-order valence-corrected chi connectivity index (χ2v) is 5.20. The standard InChI is InChI=1S/C14H19F2NO/c15-10-4-5-11(12(16)8-10)13(18)14(9-17)6-2-1-3-7-14/h4-5,8,13,18H,1-3,6-7,9,17H2. The van der Waals surface area contributed by atoms with Crippen LogP contribution in [0.4, 0.5) is 8.78 Å². The van der Waals surface area contributed by atoms with Crippen molar-refractivity contribution in [3.63, 3.8) is 0 Å². The van der Waals surface area contributed by atoms with E-state index >= 15 is 0 Å². The first-order valence-corrected chi connectivity index (χ1v) is 6.42. The van der Waals surface area contributed by atoms with Gasteiger partial charge in [0.2, 0.25) is 0 Å². The SMILES string of the molecule is NCC1(C(O)c2ccc(F)cc2F)CCCCC1. The Morgan fingerprint density at radius 1 is 1.22 bits per heavy atom. The van der Waals surface area contributed by atoms with Crippen LogP contribution in [0, 0.1) is 17.0 Å². The highest BCUT2D eigenvalue weighted by Crippen LogP contribution is 2.45. The lowest BCUT2D eigenvalue weighted by Crippen LogP contribution is -2.39. The van der Waals surface area contributed by atoms with Gasteiger partial charge in [0.1, 0.15) is 11.6 Å². The van der Waals surface area contributed by atoms with Gasteiger partial charge in [-0.1, -0.05) is 25.3 Å². The number of aliphatic hydroxyl groups excluding tert-OH is 1. The average molecular weight is 255 g/mol. The van der Waals surface area contributed by atoms with Crippen LogP contribution in [-0.2, 0) is 0 Å².